The molecule has 0 spiro atoms. The van der Waals surface area contributed by atoms with Gasteiger partial charge in [-0.15, -0.1) is 0 Å². The van der Waals surface area contributed by atoms with E-state index in [2.05, 4.69) is 62.3 Å². The van der Waals surface area contributed by atoms with Crippen molar-refractivity contribution in [2.75, 3.05) is 25.0 Å². The minimum atomic E-state index is 0.668. The van der Waals surface area contributed by atoms with Gasteiger partial charge < -0.3 is 10.2 Å². The van der Waals surface area contributed by atoms with Gasteiger partial charge in [-0.3, -0.25) is 0 Å². The molecule has 1 atom stereocenters. The van der Waals surface area contributed by atoms with Gasteiger partial charge in [0.1, 0.15) is 0 Å². The molecule has 0 bridgehead atoms. The largest absolute Gasteiger partial charge is 0.372 e. The quantitative estimate of drug-likeness (QED) is 0.756. The number of aryl methyl sites for hydroxylation is 1. The van der Waals surface area contributed by atoms with E-state index in [0.717, 1.165) is 13.1 Å². The van der Waals surface area contributed by atoms with Gasteiger partial charge in [0, 0.05) is 24.8 Å². The number of nitrogens with one attached hydrogen (secondary N) is 1. The molecule has 0 aliphatic rings. The second-order valence-corrected chi connectivity index (χ2v) is 4.95. The van der Waals surface area contributed by atoms with Gasteiger partial charge in [-0.2, -0.15) is 0 Å². The van der Waals surface area contributed by atoms with E-state index in [9.17, 15) is 0 Å². The fourth-order valence-corrected chi connectivity index (χ4v) is 2.38. The van der Waals surface area contributed by atoms with Crippen LogP contribution in [0.1, 0.15) is 38.7 Å². The Hall–Kier alpha value is -1.02. The van der Waals surface area contributed by atoms with Crippen molar-refractivity contribution in [3.05, 3.63) is 29.8 Å². The fourth-order valence-electron chi connectivity index (χ4n) is 2.38. The maximum atomic E-state index is 3.37. The van der Waals surface area contributed by atoms with E-state index in [1.807, 2.05) is 0 Å². The topological polar surface area (TPSA) is 15.3 Å². The van der Waals surface area contributed by atoms with Crippen LogP contribution >= 0.6 is 0 Å². The second-order valence-electron chi connectivity index (χ2n) is 4.95. The maximum absolute atomic E-state index is 3.37. The van der Waals surface area contributed by atoms with Gasteiger partial charge in [0.15, 0.2) is 0 Å². The number of benzene rings is 1. The molecule has 0 aliphatic heterocycles. The molecule has 1 aromatic carbocycles. The first-order valence-electron chi connectivity index (χ1n) is 7.20. The molecule has 0 saturated heterocycles. The minimum Gasteiger partial charge on any atom is -0.372 e. The van der Waals surface area contributed by atoms with E-state index in [-0.39, 0.29) is 0 Å². The van der Waals surface area contributed by atoms with Crippen molar-refractivity contribution in [2.45, 2.75) is 46.1 Å². The SMILES string of the molecule is CCC(CCCN(CC)c1cccc(C)c1)NC. The Kier molecular flexibility index (Phi) is 6.81. The first-order valence-corrected chi connectivity index (χ1v) is 7.20. The van der Waals surface area contributed by atoms with Crippen LogP contribution in [0.3, 0.4) is 0 Å². The van der Waals surface area contributed by atoms with Crippen LogP contribution in [-0.2, 0) is 0 Å². The molecule has 0 radical (unpaired) electrons. The molecular weight excluding hydrogens is 220 g/mol. The van der Waals surface area contributed by atoms with E-state index in [1.54, 1.807) is 0 Å². The molecule has 0 saturated carbocycles. The highest BCUT2D eigenvalue weighted by atomic mass is 15.1. The molecule has 0 amide bonds. The Morgan fingerprint density at radius 2 is 2.06 bits per heavy atom. The molecule has 0 aromatic heterocycles. The molecule has 0 aliphatic carbocycles. The first kappa shape index (κ1) is 15.0. The van der Waals surface area contributed by atoms with Gasteiger partial charge >= 0.3 is 0 Å². The summed E-state index contributed by atoms with van der Waals surface area (Å²) >= 11 is 0. The normalized spacial score (nSPS) is 12.4. The van der Waals surface area contributed by atoms with Crippen molar-refractivity contribution in [1.29, 1.82) is 0 Å². The summed E-state index contributed by atoms with van der Waals surface area (Å²) < 4.78 is 0. The van der Waals surface area contributed by atoms with Crippen molar-refractivity contribution in [1.82, 2.24) is 5.32 Å². The molecule has 2 nitrogen and oxygen atoms in total. The number of anilines is 1. The van der Waals surface area contributed by atoms with Crippen LogP contribution in [0.4, 0.5) is 5.69 Å². The molecule has 1 N–H and O–H groups in total. The van der Waals surface area contributed by atoms with Crippen molar-refractivity contribution in [2.24, 2.45) is 0 Å². The molecule has 2 heteroatoms. The summed E-state index contributed by atoms with van der Waals surface area (Å²) in [4.78, 5) is 2.47. The highest BCUT2D eigenvalue weighted by molar-refractivity contribution is 5.48. The third-order valence-electron chi connectivity index (χ3n) is 3.63. The molecule has 1 unspecified atom stereocenters. The van der Waals surface area contributed by atoms with Gasteiger partial charge in [-0.05, 0) is 57.9 Å². The second kappa shape index (κ2) is 8.15. The molecule has 0 heterocycles. The molecule has 1 aromatic rings. The van der Waals surface area contributed by atoms with Crippen LogP contribution in [0.5, 0.6) is 0 Å². The summed E-state index contributed by atoms with van der Waals surface area (Å²) in [7, 11) is 2.06. The maximum Gasteiger partial charge on any atom is 0.0368 e. The molecule has 1 rings (SSSR count). The van der Waals surface area contributed by atoms with Gasteiger partial charge in [-0.25, -0.2) is 0 Å². The average Bonchev–Trinajstić information content (AvgIpc) is 2.39. The fraction of sp³-hybridized carbons (Fsp3) is 0.625. The lowest BCUT2D eigenvalue weighted by Gasteiger charge is -2.24. The predicted molar refractivity (Wildman–Crippen MR) is 81.4 cm³/mol. The van der Waals surface area contributed by atoms with Crippen LogP contribution in [0.15, 0.2) is 24.3 Å². The standard InChI is InChI=1S/C16H28N2/c1-5-15(17-4)10-8-12-18(6-2)16-11-7-9-14(3)13-16/h7,9,11,13,15,17H,5-6,8,10,12H2,1-4H3. The Morgan fingerprint density at radius 1 is 1.28 bits per heavy atom. The van der Waals surface area contributed by atoms with E-state index in [0.29, 0.717) is 6.04 Å². The zero-order valence-corrected chi connectivity index (χ0v) is 12.4. The zero-order chi connectivity index (χ0) is 13.4. The van der Waals surface area contributed by atoms with Crippen LogP contribution in [0.2, 0.25) is 0 Å². The Bertz CT molecular complexity index is 332. The highest BCUT2D eigenvalue weighted by Gasteiger charge is 2.06. The van der Waals surface area contributed by atoms with Gasteiger partial charge in [0.2, 0.25) is 0 Å². The highest BCUT2D eigenvalue weighted by Crippen LogP contribution is 2.16. The van der Waals surface area contributed by atoms with Crippen molar-refractivity contribution in [3.8, 4) is 0 Å². The molecule has 102 valence electrons. The summed E-state index contributed by atoms with van der Waals surface area (Å²) in [6.45, 7) is 8.88. The predicted octanol–water partition coefficient (Wildman–Crippen LogP) is 3.60. The lowest BCUT2D eigenvalue weighted by molar-refractivity contribution is 0.490. The monoisotopic (exact) mass is 248 g/mol. The van der Waals surface area contributed by atoms with Crippen LogP contribution in [0, 0.1) is 6.92 Å². The van der Waals surface area contributed by atoms with Crippen LogP contribution in [0.25, 0.3) is 0 Å². The Balaban J connectivity index is 2.47. The van der Waals surface area contributed by atoms with Crippen molar-refractivity contribution in [3.63, 3.8) is 0 Å². The number of hydrogen-bond donors (Lipinski definition) is 1. The number of rotatable bonds is 8. The zero-order valence-electron chi connectivity index (χ0n) is 12.4. The van der Waals surface area contributed by atoms with Crippen molar-refractivity contribution < 1.29 is 0 Å². The van der Waals surface area contributed by atoms with Crippen molar-refractivity contribution >= 4 is 5.69 Å². The first-order chi connectivity index (χ1) is 8.71. The molecule has 18 heavy (non-hydrogen) atoms. The average molecular weight is 248 g/mol. The van der Waals surface area contributed by atoms with E-state index < -0.39 is 0 Å². The van der Waals surface area contributed by atoms with E-state index in [4.69, 9.17) is 0 Å². The lowest BCUT2D eigenvalue weighted by atomic mass is 10.1. The summed E-state index contributed by atoms with van der Waals surface area (Å²) in [6, 6.07) is 9.47. The third kappa shape index (κ3) is 4.69. The van der Waals surface area contributed by atoms with Crippen LogP contribution < -0.4 is 10.2 Å². The summed E-state index contributed by atoms with van der Waals surface area (Å²) in [5.41, 5.74) is 2.70. The molecule has 0 fully saturated rings. The minimum absolute atomic E-state index is 0.668. The lowest BCUT2D eigenvalue weighted by Crippen LogP contribution is -2.28. The number of nitrogens with zero attached hydrogens (tertiary/aromatic N) is 1. The van der Waals surface area contributed by atoms with Crippen LogP contribution in [-0.4, -0.2) is 26.2 Å². The molecular formula is C16H28N2. The Labute approximate surface area is 112 Å². The van der Waals surface area contributed by atoms with Gasteiger partial charge in [0.25, 0.3) is 0 Å². The summed E-state index contributed by atoms with van der Waals surface area (Å²) in [5, 5.41) is 3.37. The summed E-state index contributed by atoms with van der Waals surface area (Å²) in [5.74, 6) is 0. The summed E-state index contributed by atoms with van der Waals surface area (Å²) in [6.07, 6.45) is 3.73. The van der Waals surface area contributed by atoms with Gasteiger partial charge in [0.05, 0.1) is 0 Å². The van der Waals surface area contributed by atoms with E-state index in [1.165, 1.54) is 30.5 Å². The van der Waals surface area contributed by atoms with Gasteiger partial charge in [-0.1, -0.05) is 19.1 Å². The third-order valence-corrected chi connectivity index (χ3v) is 3.63. The Morgan fingerprint density at radius 3 is 2.61 bits per heavy atom. The smallest absolute Gasteiger partial charge is 0.0368 e. The van der Waals surface area contributed by atoms with E-state index >= 15 is 0 Å². The number of hydrogen-bond acceptors (Lipinski definition) is 2.